The fourth-order valence-corrected chi connectivity index (χ4v) is 2.98. The average Bonchev–Trinajstić information content (AvgIpc) is 2.52. The SMILES string of the molecule is Cc1ccc2cc(N3CCN(CCO)CC3)ncc2c1C.Cl. The molecule has 2 aromatic rings. The Bertz CT molecular complexity index is 639. The molecule has 1 aliphatic heterocycles. The van der Waals surface area contributed by atoms with Gasteiger partial charge in [-0.05, 0) is 36.4 Å². The number of aryl methyl sites for hydroxylation is 2. The summed E-state index contributed by atoms with van der Waals surface area (Å²) in [6, 6.07) is 6.56. The normalized spacial score (nSPS) is 15.9. The molecule has 1 aromatic carbocycles. The second kappa shape index (κ2) is 7.27. The van der Waals surface area contributed by atoms with Crippen molar-refractivity contribution >= 4 is 29.0 Å². The first kappa shape index (κ1) is 17.0. The molecular weight excluding hydrogens is 298 g/mol. The van der Waals surface area contributed by atoms with Gasteiger partial charge in [-0.15, -0.1) is 12.4 Å². The number of nitrogens with zero attached hydrogens (tertiary/aromatic N) is 3. The van der Waals surface area contributed by atoms with E-state index in [2.05, 4.69) is 46.8 Å². The van der Waals surface area contributed by atoms with E-state index in [1.807, 2.05) is 6.20 Å². The van der Waals surface area contributed by atoms with Crippen LogP contribution in [0.1, 0.15) is 11.1 Å². The molecule has 3 rings (SSSR count). The van der Waals surface area contributed by atoms with E-state index < -0.39 is 0 Å². The van der Waals surface area contributed by atoms with Gasteiger partial charge in [0, 0.05) is 44.3 Å². The number of fused-ring (bicyclic) bond motifs is 1. The van der Waals surface area contributed by atoms with Gasteiger partial charge in [0.1, 0.15) is 5.82 Å². The van der Waals surface area contributed by atoms with Gasteiger partial charge in [-0.25, -0.2) is 4.98 Å². The van der Waals surface area contributed by atoms with Gasteiger partial charge in [0.2, 0.25) is 0 Å². The van der Waals surface area contributed by atoms with Gasteiger partial charge in [-0.3, -0.25) is 4.90 Å². The zero-order valence-electron chi connectivity index (χ0n) is 13.2. The number of rotatable bonds is 3. The van der Waals surface area contributed by atoms with Crippen molar-refractivity contribution < 1.29 is 5.11 Å². The van der Waals surface area contributed by atoms with Crippen LogP contribution >= 0.6 is 12.4 Å². The molecule has 1 saturated heterocycles. The lowest BCUT2D eigenvalue weighted by molar-refractivity contribution is 0.188. The van der Waals surface area contributed by atoms with Crippen LogP contribution in [0.5, 0.6) is 0 Å². The molecule has 0 bridgehead atoms. The molecule has 4 nitrogen and oxygen atoms in total. The van der Waals surface area contributed by atoms with Gasteiger partial charge in [-0.2, -0.15) is 0 Å². The minimum Gasteiger partial charge on any atom is -0.395 e. The molecule has 2 heterocycles. The summed E-state index contributed by atoms with van der Waals surface area (Å²) < 4.78 is 0. The summed E-state index contributed by atoms with van der Waals surface area (Å²) in [6.45, 7) is 9.26. The van der Waals surface area contributed by atoms with E-state index in [0.717, 1.165) is 38.5 Å². The van der Waals surface area contributed by atoms with Crippen LogP contribution in [0.25, 0.3) is 10.8 Å². The van der Waals surface area contributed by atoms with Crippen LogP contribution in [0, 0.1) is 13.8 Å². The maximum Gasteiger partial charge on any atom is 0.129 e. The topological polar surface area (TPSA) is 39.6 Å². The van der Waals surface area contributed by atoms with Crippen molar-refractivity contribution in [2.24, 2.45) is 0 Å². The molecule has 120 valence electrons. The number of aliphatic hydroxyl groups is 1. The molecule has 0 saturated carbocycles. The molecule has 1 aromatic heterocycles. The zero-order valence-corrected chi connectivity index (χ0v) is 14.1. The number of hydrogen-bond donors (Lipinski definition) is 1. The Kier molecular flexibility index (Phi) is 5.62. The van der Waals surface area contributed by atoms with Crippen LogP contribution in [0.15, 0.2) is 24.4 Å². The Balaban J connectivity index is 0.00000176. The summed E-state index contributed by atoms with van der Waals surface area (Å²) in [5.41, 5.74) is 2.63. The van der Waals surface area contributed by atoms with E-state index in [4.69, 9.17) is 5.11 Å². The third-order valence-corrected chi connectivity index (χ3v) is 4.54. The molecule has 0 aliphatic carbocycles. The number of hydrogen-bond acceptors (Lipinski definition) is 4. The average molecular weight is 322 g/mol. The lowest BCUT2D eigenvalue weighted by atomic mass is 10.0. The largest absolute Gasteiger partial charge is 0.395 e. The summed E-state index contributed by atoms with van der Waals surface area (Å²) in [5, 5.41) is 11.5. The Morgan fingerprint density at radius 1 is 1.14 bits per heavy atom. The van der Waals surface area contributed by atoms with Gasteiger partial charge >= 0.3 is 0 Å². The third-order valence-electron chi connectivity index (χ3n) is 4.54. The van der Waals surface area contributed by atoms with E-state index in [1.165, 1.54) is 21.9 Å². The second-order valence-electron chi connectivity index (χ2n) is 5.82. The number of benzene rings is 1. The van der Waals surface area contributed by atoms with Crippen LogP contribution in [-0.2, 0) is 0 Å². The molecule has 1 N–H and O–H groups in total. The van der Waals surface area contributed by atoms with Gasteiger partial charge in [0.15, 0.2) is 0 Å². The number of aliphatic hydroxyl groups excluding tert-OH is 1. The number of aromatic nitrogens is 1. The number of anilines is 1. The van der Waals surface area contributed by atoms with E-state index in [1.54, 1.807) is 0 Å². The van der Waals surface area contributed by atoms with Gasteiger partial charge in [0.25, 0.3) is 0 Å². The Hall–Kier alpha value is -1.36. The maximum atomic E-state index is 9.00. The lowest BCUT2D eigenvalue weighted by Crippen LogP contribution is -2.47. The molecule has 0 radical (unpaired) electrons. The van der Waals surface area contributed by atoms with Crippen LogP contribution in [-0.4, -0.2) is 54.3 Å². The highest BCUT2D eigenvalue weighted by molar-refractivity contribution is 5.87. The van der Waals surface area contributed by atoms with Crippen LogP contribution in [0.2, 0.25) is 0 Å². The fourth-order valence-electron chi connectivity index (χ4n) is 2.98. The Morgan fingerprint density at radius 3 is 2.55 bits per heavy atom. The van der Waals surface area contributed by atoms with Crippen molar-refractivity contribution in [3.63, 3.8) is 0 Å². The standard InChI is InChI=1S/C17H23N3O.ClH/c1-13-3-4-15-11-17(18-12-16(15)14(13)2)20-7-5-19(6-8-20)9-10-21;/h3-4,11-12,21H,5-10H2,1-2H3;1H. The van der Waals surface area contributed by atoms with Crippen molar-refractivity contribution in [3.05, 3.63) is 35.5 Å². The van der Waals surface area contributed by atoms with Crippen molar-refractivity contribution in [2.75, 3.05) is 44.2 Å². The number of piperazine rings is 1. The minimum atomic E-state index is 0. The number of β-amino-alcohol motifs (C(OH)–C–C–N with tert-alkyl or cyclic N) is 1. The molecule has 0 atom stereocenters. The molecule has 1 aliphatic rings. The van der Waals surface area contributed by atoms with Crippen molar-refractivity contribution in [3.8, 4) is 0 Å². The Labute approximate surface area is 138 Å². The molecule has 0 amide bonds. The predicted molar refractivity (Wildman–Crippen MR) is 94.2 cm³/mol. The van der Waals surface area contributed by atoms with E-state index in [9.17, 15) is 0 Å². The lowest BCUT2D eigenvalue weighted by Gasteiger charge is -2.35. The first-order chi connectivity index (χ1) is 10.2. The first-order valence-corrected chi connectivity index (χ1v) is 7.63. The summed E-state index contributed by atoms with van der Waals surface area (Å²) in [4.78, 5) is 9.29. The van der Waals surface area contributed by atoms with Crippen molar-refractivity contribution in [1.82, 2.24) is 9.88 Å². The molecule has 22 heavy (non-hydrogen) atoms. The van der Waals surface area contributed by atoms with Gasteiger partial charge < -0.3 is 10.0 Å². The quantitative estimate of drug-likeness (QED) is 0.942. The van der Waals surface area contributed by atoms with E-state index >= 15 is 0 Å². The van der Waals surface area contributed by atoms with Gasteiger partial charge in [-0.1, -0.05) is 12.1 Å². The maximum absolute atomic E-state index is 9.00. The summed E-state index contributed by atoms with van der Waals surface area (Å²) in [5.74, 6) is 1.06. The summed E-state index contributed by atoms with van der Waals surface area (Å²) in [7, 11) is 0. The molecular formula is C17H24ClN3O. The second-order valence-corrected chi connectivity index (χ2v) is 5.82. The fraction of sp³-hybridized carbons (Fsp3) is 0.471. The Morgan fingerprint density at radius 2 is 1.86 bits per heavy atom. The van der Waals surface area contributed by atoms with Crippen molar-refractivity contribution in [2.45, 2.75) is 13.8 Å². The monoisotopic (exact) mass is 321 g/mol. The summed E-state index contributed by atoms with van der Waals surface area (Å²) >= 11 is 0. The minimum absolute atomic E-state index is 0. The predicted octanol–water partition coefficient (Wildman–Crippen LogP) is 2.39. The van der Waals surface area contributed by atoms with Gasteiger partial charge in [0.05, 0.1) is 6.61 Å². The van der Waals surface area contributed by atoms with E-state index in [-0.39, 0.29) is 19.0 Å². The van der Waals surface area contributed by atoms with Crippen LogP contribution in [0.3, 0.4) is 0 Å². The van der Waals surface area contributed by atoms with E-state index in [0.29, 0.717) is 0 Å². The number of pyridine rings is 1. The van der Waals surface area contributed by atoms with Crippen LogP contribution < -0.4 is 4.90 Å². The highest BCUT2D eigenvalue weighted by atomic mass is 35.5. The smallest absolute Gasteiger partial charge is 0.129 e. The molecule has 0 spiro atoms. The molecule has 1 fully saturated rings. The first-order valence-electron chi connectivity index (χ1n) is 7.63. The number of halogens is 1. The molecule has 5 heteroatoms. The third kappa shape index (κ3) is 3.35. The summed E-state index contributed by atoms with van der Waals surface area (Å²) in [6.07, 6.45) is 2.01. The highest BCUT2D eigenvalue weighted by Crippen LogP contribution is 2.24. The highest BCUT2D eigenvalue weighted by Gasteiger charge is 2.17. The molecule has 0 unspecified atom stereocenters. The van der Waals surface area contributed by atoms with Crippen molar-refractivity contribution in [1.29, 1.82) is 0 Å². The zero-order chi connectivity index (χ0) is 14.8. The van der Waals surface area contributed by atoms with Crippen LogP contribution in [0.4, 0.5) is 5.82 Å².